The fourth-order valence-electron chi connectivity index (χ4n) is 6.80. The third-order valence-electron chi connectivity index (χ3n) is 8.74. The number of benzene rings is 2. The Labute approximate surface area is 247 Å². The number of hydrogen-bond donors (Lipinski definition) is 2. The fourth-order valence-corrected chi connectivity index (χ4v) is 7.56. The van der Waals surface area contributed by atoms with Gasteiger partial charge in [0.1, 0.15) is 29.6 Å². The number of nitrogens with two attached hydrogens (primary N) is 1. The molecule has 8 nitrogen and oxygen atoms in total. The molecule has 0 bridgehead atoms. The zero-order valence-corrected chi connectivity index (χ0v) is 23.8. The van der Waals surface area contributed by atoms with Gasteiger partial charge in [-0.3, -0.25) is 4.90 Å². The maximum absolute atomic E-state index is 16.5. The largest absolute Gasteiger partial charge is 0.461 e. The smallest absolute Gasteiger partial charge is 0.319 e. The van der Waals surface area contributed by atoms with Crippen LogP contribution in [0.1, 0.15) is 25.7 Å². The molecule has 2 aromatic carbocycles. The molecular weight excluding hydrogens is 589 g/mol. The molecule has 0 aliphatic carbocycles. The van der Waals surface area contributed by atoms with E-state index in [9.17, 15) is 13.2 Å². The van der Waals surface area contributed by atoms with Crippen molar-refractivity contribution in [3.05, 3.63) is 47.8 Å². The fraction of sp³-hybridized carbons (Fsp3) is 0.414. The molecule has 0 amide bonds. The van der Waals surface area contributed by atoms with Crippen molar-refractivity contribution in [2.45, 2.75) is 37.3 Å². The second-order valence-corrected chi connectivity index (χ2v) is 12.3. The first-order valence-corrected chi connectivity index (χ1v) is 15.0. The molecule has 4 aromatic rings. The van der Waals surface area contributed by atoms with Crippen LogP contribution in [0.2, 0.25) is 0 Å². The average Bonchev–Trinajstić information content (AvgIpc) is 3.67. The van der Waals surface area contributed by atoms with Crippen molar-refractivity contribution in [2.75, 3.05) is 50.0 Å². The monoisotopic (exact) mass is 617 g/mol. The van der Waals surface area contributed by atoms with Gasteiger partial charge in [0.15, 0.2) is 10.9 Å². The van der Waals surface area contributed by atoms with Crippen LogP contribution in [-0.4, -0.2) is 70.8 Å². The van der Waals surface area contributed by atoms with Crippen molar-refractivity contribution in [3.8, 4) is 17.1 Å². The summed E-state index contributed by atoms with van der Waals surface area (Å²) in [6.07, 6.45) is 3.02. The Hall–Kier alpha value is -3.62. The summed E-state index contributed by atoms with van der Waals surface area (Å²) in [5.74, 6) is -2.35. The number of aromatic nitrogens is 3. The van der Waals surface area contributed by atoms with Crippen molar-refractivity contribution in [3.63, 3.8) is 0 Å². The van der Waals surface area contributed by atoms with Crippen LogP contribution in [0.25, 0.3) is 32.2 Å². The van der Waals surface area contributed by atoms with Gasteiger partial charge >= 0.3 is 6.01 Å². The van der Waals surface area contributed by atoms with Crippen molar-refractivity contribution in [1.29, 1.82) is 0 Å². The highest BCUT2D eigenvalue weighted by Crippen LogP contribution is 2.42. The van der Waals surface area contributed by atoms with Gasteiger partial charge in [-0.05, 0) is 63.0 Å². The minimum absolute atomic E-state index is 0.0288. The van der Waals surface area contributed by atoms with E-state index < -0.39 is 35.1 Å². The molecule has 1 atom stereocenters. The van der Waals surface area contributed by atoms with Crippen LogP contribution in [0.5, 0.6) is 6.01 Å². The number of anilines is 2. The van der Waals surface area contributed by atoms with Gasteiger partial charge in [0.05, 0.1) is 21.3 Å². The Morgan fingerprint density at radius 3 is 2.63 bits per heavy atom. The number of fused-ring (bicyclic) bond motifs is 3. The van der Waals surface area contributed by atoms with Crippen LogP contribution >= 0.6 is 11.3 Å². The van der Waals surface area contributed by atoms with Crippen LogP contribution in [-0.2, 0) is 0 Å². The number of thiazole rings is 1. The quantitative estimate of drug-likeness (QED) is 0.275. The number of nitrogen functional groups attached to an aromatic ring is 1. The lowest BCUT2D eigenvalue weighted by Gasteiger charge is -2.34. The van der Waals surface area contributed by atoms with Gasteiger partial charge in [-0.2, -0.15) is 18.7 Å². The summed E-state index contributed by atoms with van der Waals surface area (Å²) in [6, 6.07) is 2.71. The zero-order chi connectivity index (χ0) is 29.9. The molecule has 5 heterocycles. The summed E-state index contributed by atoms with van der Waals surface area (Å²) < 4.78 is 79.3. The molecule has 0 spiro atoms. The lowest BCUT2D eigenvalue weighted by Crippen LogP contribution is -2.50. The van der Waals surface area contributed by atoms with E-state index in [0.29, 0.717) is 19.7 Å². The summed E-state index contributed by atoms with van der Waals surface area (Å²) in [5, 5.41) is 3.13. The number of rotatable bonds is 6. The first-order chi connectivity index (χ1) is 20.7. The molecule has 3 N–H and O–H groups in total. The van der Waals surface area contributed by atoms with Crippen molar-refractivity contribution < 1.29 is 26.7 Å². The Morgan fingerprint density at radius 2 is 1.86 bits per heavy atom. The van der Waals surface area contributed by atoms with Crippen LogP contribution in [0.3, 0.4) is 0 Å². The van der Waals surface area contributed by atoms with Gasteiger partial charge in [-0.1, -0.05) is 11.3 Å². The lowest BCUT2D eigenvalue weighted by molar-refractivity contribution is 0.108. The van der Waals surface area contributed by atoms with E-state index in [1.165, 1.54) is 6.07 Å². The van der Waals surface area contributed by atoms with Gasteiger partial charge in [0.25, 0.3) is 6.08 Å². The highest BCUT2D eigenvalue weighted by Gasteiger charge is 2.45. The summed E-state index contributed by atoms with van der Waals surface area (Å²) in [6.45, 7) is 3.06. The minimum Gasteiger partial charge on any atom is -0.461 e. The Morgan fingerprint density at radius 1 is 1.07 bits per heavy atom. The van der Waals surface area contributed by atoms with Crippen LogP contribution < -0.4 is 20.7 Å². The van der Waals surface area contributed by atoms with E-state index in [-0.39, 0.29) is 55.7 Å². The standard InChI is InChI=1S/C29H28F5N7OS/c30-18-4-3-16(24-25(18)43-27(35)37-24)21-19(31)12-17-23(22(21)34)38-28(42-14-29-5-1-8-41(29)9-2-6-29)39-26(17)40-10-7-36-15(13-40)11-20(32)33/h3-4,11-12,15,36H,1-2,5-10,13-14H2,(H2,35,37). The van der Waals surface area contributed by atoms with Crippen molar-refractivity contribution in [2.24, 2.45) is 0 Å². The first kappa shape index (κ1) is 28.2. The Bertz CT molecular complexity index is 1750. The predicted molar refractivity (Wildman–Crippen MR) is 155 cm³/mol. The topological polar surface area (TPSA) is 92.4 Å². The molecule has 3 saturated heterocycles. The first-order valence-electron chi connectivity index (χ1n) is 14.2. The van der Waals surface area contributed by atoms with Gasteiger partial charge in [-0.25, -0.2) is 18.2 Å². The summed E-state index contributed by atoms with van der Waals surface area (Å²) in [5.41, 5.74) is 5.10. The summed E-state index contributed by atoms with van der Waals surface area (Å²) in [4.78, 5) is 17.2. The summed E-state index contributed by atoms with van der Waals surface area (Å²) >= 11 is 0.883. The second kappa shape index (κ2) is 10.8. The molecule has 3 aliphatic heterocycles. The zero-order valence-electron chi connectivity index (χ0n) is 23.0. The average molecular weight is 618 g/mol. The molecule has 43 heavy (non-hydrogen) atoms. The Kier molecular flexibility index (Phi) is 7.09. The molecule has 0 saturated carbocycles. The molecule has 226 valence electrons. The molecule has 14 heteroatoms. The van der Waals surface area contributed by atoms with Crippen LogP contribution in [0.4, 0.5) is 32.9 Å². The number of hydrogen-bond acceptors (Lipinski definition) is 9. The normalized spacial score (nSPS) is 20.2. The van der Waals surface area contributed by atoms with Crippen LogP contribution in [0.15, 0.2) is 30.4 Å². The molecule has 3 aliphatic rings. The molecule has 7 rings (SSSR count). The van der Waals surface area contributed by atoms with Crippen molar-refractivity contribution >= 4 is 43.4 Å². The minimum atomic E-state index is -1.83. The van der Waals surface area contributed by atoms with E-state index in [1.54, 1.807) is 4.90 Å². The van der Waals surface area contributed by atoms with Gasteiger partial charge in [0, 0.05) is 36.6 Å². The third-order valence-corrected chi connectivity index (χ3v) is 9.63. The van der Waals surface area contributed by atoms with Gasteiger partial charge < -0.3 is 20.7 Å². The maximum atomic E-state index is 16.5. The van der Waals surface area contributed by atoms with E-state index in [0.717, 1.165) is 68.3 Å². The second-order valence-electron chi connectivity index (χ2n) is 11.3. The van der Waals surface area contributed by atoms with Crippen molar-refractivity contribution in [1.82, 2.24) is 25.2 Å². The Balaban J connectivity index is 1.37. The number of halogens is 5. The lowest BCUT2D eigenvalue weighted by atomic mass is 9.95. The molecule has 0 radical (unpaired) electrons. The number of nitrogens with zero attached hydrogens (tertiary/aromatic N) is 5. The SMILES string of the molecule is Nc1nc2c(-c3c(F)cc4c(N5CCNC(C=C(F)F)C5)nc(OCC56CCCN5CCC6)nc4c3F)ccc(F)c2s1. The van der Waals surface area contributed by atoms with Gasteiger partial charge in [0.2, 0.25) is 0 Å². The van der Waals surface area contributed by atoms with E-state index in [4.69, 9.17) is 10.5 Å². The molecule has 2 aromatic heterocycles. The predicted octanol–water partition coefficient (Wildman–Crippen LogP) is 5.47. The molecular formula is C29H28F5N7OS. The third kappa shape index (κ3) is 4.94. The number of nitrogens with one attached hydrogen (secondary N) is 1. The van der Waals surface area contributed by atoms with Gasteiger partial charge in [-0.15, -0.1) is 0 Å². The molecule has 3 fully saturated rings. The van der Waals surface area contributed by atoms with E-state index in [1.807, 2.05) is 0 Å². The van der Waals surface area contributed by atoms with E-state index >= 15 is 8.78 Å². The highest BCUT2D eigenvalue weighted by molar-refractivity contribution is 7.22. The molecule has 1 unspecified atom stereocenters. The van der Waals surface area contributed by atoms with E-state index in [2.05, 4.69) is 25.2 Å². The number of piperazine rings is 1. The van der Waals surface area contributed by atoms with Crippen LogP contribution in [0, 0.1) is 17.5 Å². The highest BCUT2D eigenvalue weighted by atomic mass is 32.1. The maximum Gasteiger partial charge on any atom is 0.319 e. The number of ether oxygens (including phenoxy) is 1. The summed E-state index contributed by atoms with van der Waals surface area (Å²) in [7, 11) is 0.